The van der Waals surface area contributed by atoms with E-state index >= 15 is 0 Å². The third kappa shape index (κ3) is 3.62. The van der Waals surface area contributed by atoms with E-state index in [2.05, 4.69) is 32.8 Å². The van der Waals surface area contributed by atoms with Crippen molar-refractivity contribution in [3.63, 3.8) is 0 Å². The monoisotopic (exact) mass is 285 g/mol. The van der Waals surface area contributed by atoms with Crippen LogP contribution in [-0.4, -0.2) is 28.0 Å². The Bertz CT molecular complexity index is 316. The number of carbonyl (C=O) groups is 1. The molecule has 3 unspecified atom stereocenters. The zero-order valence-corrected chi connectivity index (χ0v) is 15.0. The van der Waals surface area contributed by atoms with Crippen molar-refractivity contribution < 1.29 is 9.63 Å². The Morgan fingerprint density at radius 1 is 1.25 bits per heavy atom. The maximum atomic E-state index is 12.3. The van der Waals surface area contributed by atoms with Crippen LogP contribution in [0.25, 0.3) is 0 Å². The van der Waals surface area contributed by atoms with Crippen molar-refractivity contribution in [1.29, 1.82) is 0 Å². The van der Waals surface area contributed by atoms with Crippen LogP contribution < -0.4 is 0 Å². The van der Waals surface area contributed by atoms with Crippen molar-refractivity contribution in [2.45, 2.75) is 98.8 Å². The average molecular weight is 285 g/mol. The van der Waals surface area contributed by atoms with E-state index in [1.807, 2.05) is 34.6 Å². The summed E-state index contributed by atoms with van der Waals surface area (Å²) in [4.78, 5) is 18.4. The number of hydroxylamine groups is 2. The quantitative estimate of drug-likeness (QED) is 0.756. The summed E-state index contributed by atoms with van der Waals surface area (Å²) in [5.41, 5.74) is -0.386. The maximum absolute atomic E-state index is 12.3. The van der Waals surface area contributed by atoms with Gasteiger partial charge in [0, 0.05) is 12.3 Å². The molecule has 0 aromatic rings. The SMILES string of the molecule is CC.CCC1(C)CC(=O)C(C)C(C)(CC)N1OC(C)C. The molecule has 0 aromatic heterocycles. The van der Waals surface area contributed by atoms with Gasteiger partial charge in [-0.1, -0.05) is 34.6 Å². The lowest BCUT2D eigenvalue weighted by atomic mass is 9.70. The topological polar surface area (TPSA) is 29.5 Å². The van der Waals surface area contributed by atoms with Gasteiger partial charge >= 0.3 is 0 Å². The van der Waals surface area contributed by atoms with E-state index in [1.54, 1.807) is 0 Å². The van der Waals surface area contributed by atoms with Gasteiger partial charge in [-0.15, -0.1) is 0 Å². The predicted octanol–water partition coefficient (Wildman–Crippen LogP) is 4.60. The first-order valence-corrected chi connectivity index (χ1v) is 8.21. The van der Waals surface area contributed by atoms with Crippen LogP contribution >= 0.6 is 0 Å². The fourth-order valence-electron chi connectivity index (χ4n) is 2.92. The molecule has 3 nitrogen and oxygen atoms in total. The Hall–Kier alpha value is -0.410. The summed E-state index contributed by atoms with van der Waals surface area (Å²) in [5.74, 6) is 0.396. The first kappa shape index (κ1) is 19.6. The van der Waals surface area contributed by atoms with Crippen LogP contribution in [0.5, 0.6) is 0 Å². The van der Waals surface area contributed by atoms with Crippen molar-refractivity contribution in [3.8, 4) is 0 Å². The highest BCUT2D eigenvalue weighted by molar-refractivity contribution is 5.84. The second-order valence-corrected chi connectivity index (χ2v) is 6.37. The van der Waals surface area contributed by atoms with Crippen LogP contribution in [0.15, 0.2) is 0 Å². The molecule has 0 saturated carbocycles. The molecule has 120 valence electrons. The Morgan fingerprint density at radius 2 is 1.75 bits per heavy atom. The Kier molecular flexibility index (Phi) is 7.40. The highest BCUT2D eigenvalue weighted by Crippen LogP contribution is 2.44. The molecule has 1 fully saturated rings. The van der Waals surface area contributed by atoms with E-state index in [4.69, 9.17) is 4.84 Å². The zero-order chi connectivity index (χ0) is 16.1. The van der Waals surface area contributed by atoms with Gasteiger partial charge < -0.3 is 0 Å². The molecule has 20 heavy (non-hydrogen) atoms. The maximum Gasteiger partial charge on any atom is 0.139 e. The summed E-state index contributed by atoms with van der Waals surface area (Å²) in [6, 6.07) is 0. The number of piperidine rings is 1. The van der Waals surface area contributed by atoms with Gasteiger partial charge in [0.05, 0.1) is 17.2 Å². The molecular weight excluding hydrogens is 250 g/mol. The van der Waals surface area contributed by atoms with Crippen molar-refractivity contribution in [1.82, 2.24) is 5.06 Å². The number of carbonyl (C=O) groups excluding carboxylic acids is 1. The summed E-state index contributed by atoms with van der Waals surface area (Å²) in [5, 5.41) is 2.14. The Morgan fingerprint density at radius 3 is 2.10 bits per heavy atom. The number of nitrogens with zero attached hydrogens (tertiary/aromatic N) is 1. The fraction of sp³-hybridized carbons (Fsp3) is 0.941. The first-order valence-electron chi connectivity index (χ1n) is 8.21. The van der Waals surface area contributed by atoms with E-state index < -0.39 is 0 Å². The molecule has 1 aliphatic heterocycles. The van der Waals surface area contributed by atoms with Gasteiger partial charge in [-0.3, -0.25) is 9.63 Å². The lowest BCUT2D eigenvalue weighted by Gasteiger charge is -2.56. The number of ketones is 1. The summed E-state index contributed by atoms with van der Waals surface area (Å²) in [6.45, 7) is 18.7. The van der Waals surface area contributed by atoms with Crippen molar-refractivity contribution in [2.24, 2.45) is 5.92 Å². The normalized spacial score (nSPS) is 34.9. The van der Waals surface area contributed by atoms with Crippen LogP contribution in [0.4, 0.5) is 0 Å². The highest BCUT2D eigenvalue weighted by atomic mass is 16.7. The summed E-state index contributed by atoms with van der Waals surface area (Å²) >= 11 is 0. The Labute approximate surface area is 126 Å². The van der Waals surface area contributed by atoms with Gasteiger partial charge in [0.15, 0.2) is 0 Å². The average Bonchev–Trinajstić information content (AvgIpc) is 2.43. The van der Waals surface area contributed by atoms with E-state index in [-0.39, 0.29) is 23.1 Å². The molecule has 1 heterocycles. The number of Topliss-reactive ketones (excluding diaryl/α,β-unsaturated/α-hetero) is 1. The third-order valence-corrected chi connectivity index (χ3v) is 4.72. The van der Waals surface area contributed by atoms with E-state index in [1.165, 1.54) is 0 Å². The van der Waals surface area contributed by atoms with Crippen LogP contribution in [-0.2, 0) is 9.63 Å². The highest BCUT2D eigenvalue weighted by Gasteiger charge is 2.53. The second-order valence-electron chi connectivity index (χ2n) is 6.37. The standard InChI is InChI=1S/C15H29NO2.C2H6/c1-8-14(6)10-13(17)12(5)15(7,9-2)16(14)18-11(3)4;1-2/h11-12H,8-10H2,1-7H3;1-2H3. The Balaban J connectivity index is 0.00000172. The molecule has 3 atom stereocenters. The minimum absolute atomic E-state index is 0.0286. The van der Waals surface area contributed by atoms with Gasteiger partial charge in [-0.25, -0.2) is 0 Å². The lowest BCUT2D eigenvalue weighted by molar-refractivity contribution is -0.310. The molecule has 1 aliphatic rings. The van der Waals surface area contributed by atoms with Gasteiger partial charge in [0.25, 0.3) is 0 Å². The summed E-state index contributed by atoms with van der Waals surface area (Å²) < 4.78 is 0. The van der Waals surface area contributed by atoms with Crippen molar-refractivity contribution in [3.05, 3.63) is 0 Å². The van der Waals surface area contributed by atoms with Crippen molar-refractivity contribution in [2.75, 3.05) is 0 Å². The minimum atomic E-state index is -0.204. The molecule has 0 aliphatic carbocycles. The number of hydrogen-bond donors (Lipinski definition) is 0. The van der Waals surface area contributed by atoms with Gasteiger partial charge in [0.1, 0.15) is 5.78 Å². The first-order chi connectivity index (χ1) is 9.21. The molecule has 0 bridgehead atoms. The smallest absolute Gasteiger partial charge is 0.139 e. The lowest BCUT2D eigenvalue weighted by Crippen LogP contribution is -2.66. The summed E-state index contributed by atoms with van der Waals surface area (Å²) in [7, 11) is 0. The molecule has 1 rings (SSSR count). The van der Waals surface area contributed by atoms with Crippen LogP contribution in [0, 0.1) is 5.92 Å². The van der Waals surface area contributed by atoms with E-state index in [0.29, 0.717) is 12.2 Å². The summed E-state index contributed by atoms with van der Waals surface area (Å²) in [6.07, 6.45) is 2.57. The fourth-order valence-corrected chi connectivity index (χ4v) is 2.92. The van der Waals surface area contributed by atoms with Gasteiger partial charge in [0.2, 0.25) is 0 Å². The largest absolute Gasteiger partial charge is 0.299 e. The molecule has 3 heteroatoms. The molecule has 0 amide bonds. The molecule has 0 spiro atoms. The van der Waals surface area contributed by atoms with Crippen LogP contribution in [0.3, 0.4) is 0 Å². The van der Waals surface area contributed by atoms with Gasteiger partial charge in [-0.2, -0.15) is 5.06 Å². The van der Waals surface area contributed by atoms with Crippen molar-refractivity contribution >= 4 is 5.78 Å². The minimum Gasteiger partial charge on any atom is -0.299 e. The molecular formula is C17H35NO2. The van der Waals surface area contributed by atoms with E-state index in [0.717, 1.165) is 12.8 Å². The third-order valence-electron chi connectivity index (χ3n) is 4.72. The van der Waals surface area contributed by atoms with Gasteiger partial charge in [-0.05, 0) is 40.5 Å². The molecule has 0 aromatic carbocycles. The molecule has 0 radical (unpaired) electrons. The molecule has 1 saturated heterocycles. The second kappa shape index (κ2) is 7.56. The predicted molar refractivity (Wildman–Crippen MR) is 85.6 cm³/mol. The number of hydrogen-bond acceptors (Lipinski definition) is 3. The van der Waals surface area contributed by atoms with Crippen LogP contribution in [0.1, 0.15) is 81.6 Å². The van der Waals surface area contributed by atoms with E-state index in [9.17, 15) is 4.79 Å². The molecule has 0 N–H and O–H groups in total. The number of rotatable bonds is 4. The van der Waals surface area contributed by atoms with Crippen LogP contribution in [0.2, 0.25) is 0 Å². The zero-order valence-electron chi connectivity index (χ0n) is 15.0.